The smallest absolute Gasteiger partial charge is 0.252 e. The fourth-order valence-electron chi connectivity index (χ4n) is 3.55. The molecule has 2 atom stereocenters. The van der Waals surface area contributed by atoms with Crippen LogP contribution in [0.25, 0.3) is 10.8 Å². The summed E-state index contributed by atoms with van der Waals surface area (Å²) in [5.41, 5.74) is 6.85. The van der Waals surface area contributed by atoms with Crippen molar-refractivity contribution in [2.45, 2.75) is 50.5 Å². The van der Waals surface area contributed by atoms with Gasteiger partial charge in [-0.05, 0) is 48.1 Å². The summed E-state index contributed by atoms with van der Waals surface area (Å²) in [6, 6.07) is 15.2. The van der Waals surface area contributed by atoms with E-state index in [9.17, 15) is 4.79 Å². The molecule has 0 unspecified atom stereocenters. The maximum Gasteiger partial charge on any atom is 0.252 e. The molecule has 5 heteroatoms. The fourth-order valence-corrected chi connectivity index (χ4v) is 3.55. The Kier molecular flexibility index (Phi) is 5.62. The van der Waals surface area contributed by atoms with E-state index in [1.165, 1.54) is 16.3 Å². The number of hydrogen-bond acceptors (Lipinski definition) is 3. The molecule has 0 radical (unpaired) electrons. The van der Waals surface area contributed by atoms with Gasteiger partial charge in [-0.1, -0.05) is 36.4 Å². The molecule has 1 saturated heterocycles. The van der Waals surface area contributed by atoms with Gasteiger partial charge >= 0.3 is 0 Å². The molecule has 4 rings (SSSR count). The van der Waals surface area contributed by atoms with Crippen LogP contribution in [0.15, 0.2) is 42.5 Å². The minimum Gasteiger partial charge on any atom is -0.364 e. The zero-order valence-corrected chi connectivity index (χ0v) is 15.1. The van der Waals surface area contributed by atoms with Gasteiger partial charge in [0.2, 0.25) is 0 Å². The van der Waals surface area contributed by atoms with E-state index in [4.69, 9.17) is 10.5 Å². The van der Waals surface area contributed by atoms with Gasteiger partial charge in [0.15, 0.2) is 0 Å². The average Bonchev–Trinajstić information content (AvgIpc) is 3.35. The highest BCUT2D eigenvalue weighted by Crippen LogP contribution is 2.32. The minimum absolute atomic E-state index is 0. The van der Waals surface area contributed by atoms with E-state index < -0.39 is 0 Å². The van der Waals surface area contributed by atoms with Crippen molar-refractivity contribution in [3.05, 3.63) is 48.0 Å². The predicted octanol–water partition coefficient (Wildman–Crippen LogP) is 3.26. The van der Waals surface area contributed by atoms with E-state index >= 15 is 0 Å². The predicted molar refractivity (Wildman–Crippen MR) is 102 cm³/mol. The second kappa shape index (κ2) is 7.73. The molecule has 2 fully saturated rings. The molecule has 2 aromatic rings. The molecule has 1 amide bonds. The van der Waals surface area contributed by atoms with E-state index in [0.717, 1.165) is 25.7 Å². The van der Waals surface area contributed by atoms with Crippen LogP contribution in [0.4, 0.5) is 0 Å². The van der Waals surface area contributed by atoms with Crippen molar-refractivity contribution in [2.24, 2.45) is 5.73 Å². The fraction of sp³-hybridized carbons (Fsp3) is 0.450. The van der Waals surface area contributed by atoms with Crippen LogP contribution in [0.2, 0.25) is 0 Å². The molecule has 134 valence electrons. The Bertz CT molecular complexity index is 747. The number of nitrogens with two attached hydrogens (primary N) is 1. The number of ether oxygens (including phenoxy) is 1. The van der Waals surface area contributed by atoms with Crippen molar-refractivity contribution in [3.63, 3.8) is 0 Å². The monoisotopic (exact) mass is 360 g/mol. The topological polar surface area (TPSA) is 55.6 Å². The molecule has 0 bridgehead atoms. The summed E-state index contributed by atoms with van der Waals surface area (Å²) in [7, 11) is 0. The van der Waals surface area contributed by atoms with Gasteiger partial charge in [-0.3, -0.25) is 4.79 Å². The number of amides is 1. The third-order valence-electron chi connectivity index (χ3n) is 5.08. The Labute approximate surface area is 154 Å². The lowest BCUT2D eigenvalue weighted by atomic mass is 10.1. The van der Waals surface area contributed by atoms with Crippen LogP contribution >= 0.6 is 12.4 Å². The Hall–Kier alpha value is -1.62. The molecule has 25 heavy (non-hydrogen) atoms. The molecule has 2 aliphatic rings. The molecular formula is C20H25ClN2O2. The summed E-state index contributed by atoms with van der Waals surface area (Å²) in [5, 5.41) is 2.45. The Morgan fingerprint density at radius 2 is 1.84 bits per heavy atom. The maximum atomic E-state index is 12.9. The first-order chi connectivity index (χ1) is 11.7. The first-order valence-corrected chi connectivity index (χ1v) is 8.88. The number of carbonyl (C=O) groups excluding carboxylic acids is 1. The Balaban J connectivity index is 0.00000182. The summed E-state index contributed by atoms with van der Waals surface area (Å²) in [4.78, 5) is 14.9. The van der Waals surface area contributed by atoms with Crippen LogP contribution in [0, 0.1) is 0 Å². The van der Waals surface area contributed by atoms with Gasteiger partial charge in [-0.25, -0.2) is 0 Å². The lowest BCUT2D eigenvalue weighted by Gasteiger charge is -2.26. The number of hydrogen-bond donors (Lipinski definition) is 1. The molecular weight excluding hydrogens is 336 g/mol. The van der Waals surface area contributed by atoms with Gasteiger partial charge < -0.3 is 15.4 Å². The number of benzene rings is 2. The van der Waals surface area contributed by atoms with Crippen molar-refractivity contribution in [1.82, 2.24) is 4.90 Å². The number of fused-ring (bicyclic) bond motifs is 1. The molecule has 1 heterocycles. The van der Waals surface area contributed by atoms with Crippen LogP contribution in [0.5, 0.6) is 0 Å². The van der Waals surface area contributed by atoms with Gasteiger partial charge in [-0.2, -0.15) is 0 Å². The molecule has 2 aromatic carbocycles. The van der Waals surface area contributed by atoms with Crippen LogP contribution in [-0.4, -0.2) is 35.6 Å². The summed E-state index contributed by atoms with van der Waals surface area (Å²) in [5.74, 6) is 0.140. The minimum atomic E-state index is -0.306. The van der Waals surface area contributed by atoms with Crippen molar-refractivity contribution < 1.29 is 9.53 Å². The molecule has 1 saturated carbocycles. The quantitative estimate of drug-likeness (QED) is 0.890. The number of carbonyl (C=O) groups is 1. The molecule has 0 aromatic heterocycles. The highest BCUT2D eigenvalue weighted by atomic mass is 35.5. The summed E-state index contributed by atoms with van der Waals surface area (Å²) >= 11 is 0. The van der Waals surface area contributed by atoms with Crippen LogP contribution in [0.3, 0.4) is 0 Å². The molecule has 2 N–H and O–H groups in total. The van der Waals surface area contributed by atoms with Crippen LogP contribution < -0.4 is 5.73 Å². The van der Waals surface area contributed by atoms with Crippen molar-refractivity contribution in [3.8, 4) is 0 Å². The van der Waals surface area contributed by atoms with Gasteiger partial charge in [0, 0.05) is 19.1 Å². The number of rotatable bonds is 5. The normalized spacial score (nSPS) is 22.6. The highest BCUT2D eigenvalue weighted by molar-refractivity contribution is 5.85. The summed E-state index contributed by atoms with van der Waals surface area (Å²) < 4.78 is 5.82. The Morgan fingerprint density at radius 1 is 1.08 bits per heavy atom. The van der Waals surface area contributed by atoms with Crippen molar-refractivity contribution in [1.29, 1.82) is 0 Å². The molecule has 1 aliphatic carbocycles. The number of nitrogens with zero attached hydrogens (tertiary/aromatic N) is 1. The third kappa shape index (κ3) is 3.97. The van der Waals surface area contributed by atoms with Gasteiger partial charge in [0.25, 0.3) is 5.91 Å². The van der Waals surface area contributed by atoms with Crippen molar-refractivity contribution in [2.75, 3.05) is 6.54 Å². The zero-order valence-electron chi connectivity index (χ0n) is 14.3. The van der Waals surface area contributed by atoms with E-state index in [-0.39, 0.29) is 30.5 Å². The van der Waals surface area contributed by atoms with Gasteiger partial charge in [-0.15, -0.1) is 12.4 Å². The second-order valence-corrected chi connectivity index (χ2v) is 6.94. The van der Waals surface area contributed by atoms with E-state index in [1.807, 2.05) is 11.0 Å². The third-order valence-corrected chi connectivity index (χ3v) is 5.08. The first kappa shape index (κ1) is 18.2. The second-order valence-electron chi connectivity index (χ2n) is 6.94. The van der Waals surface area contributed by atoms with Gasteiger partial charge in [0.05, 0.1) is 6.10 Å². The molecule has 0 spiro atoms. The summed E-state index contributed by atoms with van der Waals surface area (Å²) in [6.07, 6.45) is 3.63. The summed E-state index contributed by atoms with van der Waals surface area (Å²) in [6.45, 7) is 1.17. The standard InChI is InChI=1S/C20H24N2O2.ClH/c21-12-18-9-10-19(24-18)20(23)22(17-7-8-17)13-14-5-6-15-3-1-2-4-16(15)11-14;/h1-6,11,17-19H,7-10,12-13,21H2;1H/t18-,19+;/m1./s1. The van der Waals surface area contributed by atoms with Gasteiger partial charge in [0.1, 0.15) is 6.10 Å². The van der Waals surface area contributed by atoms with Crippen molar-refractivity contribution >= 4 is 29.1 Å². The largest absolute Gasteiger partial charge is 0.364 e. The van der Waals surface area contributed by atoms with E-state index in [1.54, 1.807) is 0 Å². The maximum absolute atomic E-state index is 12.9. The highest BCUT2D eigenvalue weighted by Gasteiger charge is 2.39. The molecule has 4 nitrogen and oxygen atoms in total. The molecule has 1 aliphatic heterocycles. The Morgan fingerprint density at radius 3 is 2.52 bits per heavy atom. The number of halogens is 1. The van der Waals surface area contributed by atoms with Crippen LogP contribution in [-0.2, 0) is 16.1 Å². The lowest BCUT2D eigenvalue weighted by molar-refractivity contribution is -0.144. The first-order valence-electron chi connectivity index (χ1n) is 8.88. The average molecular weight is 361 g/mol. The van der Waals surface area contributed by atoms with Crippen LogP contribution in [0.1, 0.15) is 31.2 Å². The lowest BCUT2D eigenvalue weighted by Crippen LogP contribution is -2.40. The SMILES string of the molecule is Cl.NC[C@H]1CC[C@@H](C(=O)N(Cc2ccc3ccccc3c2)C2CC2)O1. The van der Waals surface area contributed by atoms with E-state index in [2.05, 4.69) is 36.4 Å². The van der Waals surface area contributed by atoms with E-state index in [0.29, 0.717) is 19.1 Å². The zero-order chi connectivity index (χ0) is 16.5.